The number of nitrogens with zero attached hydrogens (tertiary/aromatic N) is 6. The third-order valence-corrected chi connectivity index (χ3v) is 4.15. The van der Waals surface area contributed by atoms with Crippen molar-refractivity contribution in [1.29, 1.82) is 0 Å². The first-order valence-electron chi connectivity index (χ1n) is 8.09. The highest BCUT2D eigenvalue weighted by molar-refractivity contribution is 5.76. The summed E-state index contributed by atoms with van der Waals surface area (Å²) >= 11 is 0. The van der Waals surface area contributed by atoms with E-state index in [1.165, 1.54) is 12.1 Å². The van der Waals surface area contributed by atoms with E-state index in [0.29, 0.717) is 17.3 Å². The van der Waals surface area contributed by atoms with E-state index in [9.17, 15) is 4.39 Å². The van der Waals surface area contributed by atoms with Crippen LogP contribution in [0.15, 0.2) is 49.1 Å². The molecule has 1 atom stereocenters. The lowest BCUT2D eigenvalue weighted by molar-refractivity contribution is 0.626. The minimum absolute atomic E-state index is 0.0734. The molecule has 0 radical (unpaired) electrons. The fourth-order valence-corrected chi connectivity index (χ4v) is 2.65. The zero-order valence-corrected chi connectivity index (χ0v) is 14.3. The Kier molecular flexibility index (Phi) is 4.00. The summed E-state index contributed by atoms with van der Waals surface area (Å²) in [4.78, 5) is 12.8. The van der Waals surface area contributed by atoms with Crippen LogP contribution in [0.2, 0.25) is 0 Å². The second kappa shape index (κ2) is 6.47. The molecule has 26 heavy (non-hydrogen) atoms. The van der Waals surface area contributed by atoms with Gasteiger partial charge < -0.3 is 9.88 Å². The SMILES string of the molecule is CC(Nc1ncc(-c2cnc3ncn(C)c3c2)nn1)c1ccc(F)cc1. The van der Waals surface area contributed by atoms with Crippen molar-refractivity contribution in [1.82, 2.24) is 29.7 Å². The Morgan fingerprint density at radius 2 is 1.85 bits per heavy atom. The fraction of sp³-hybridized carbons (Fsp3) is 0.167. The van der Waals surface area contributed by atoms with Crippen molar-refractivity contribution in [2.75, 3.05) is 5.32 Å². The highest BCUT2D eigenvalue weighted by atomic mass is 19.1. The van der Waals surface area contributed by atoms with Crippen LogP contribution in [0.1, 0.15) is 18.5 Å². The summed E-state index contributed by atoms with van der Waals surface area (Å²) in [6.45, 7) is 1.95. The minimum Gasteiger partial charge on any atom is -0.346 e. The molecule has 8 heteroatoms. The van der Waals surface area contributed by atoms with Crippen molar-refractivity contribution in [2.45, 2.75) is 13.0 Å². The van der Waals surface area contributed by atoms with Crippen LogP contribution in [-0.4, -0.2) is 29.7 Å². The third kappa shape index (κ3) is 3.08. The molecule has 0 saturated heterocycles. The van der Waals surface area contributed by atoms with Crippen LogP contribution in [0.5, 0.6) is 0 Å². The van der Waals surface area contributed by atoms with Gasteiger partial charge in [-0.3, -0.25) is 0 Å². The molecule has 1 unspecified atom stereocenters. The quantitative estimate of drug-likeness (QED) is 0.610. The molecule has 4 aromatic rings. The van der Waals surface area contributed by atoms with Crippen molar-refractivity contribution in [2.24, 2.45) is 7.05 Å². The van der Waals surface area contributed by atoms with Gasteiger partial charge >= 0.3 is 0 Å². The van der Waals surface area contributed by atoms with Crippen molar-refractivity contribution >= 4 is 17.1 Å². The molecule has 4 rings (SSSR count). The summed E-state index contributed by atoms with van der Waals surface area (Å²) in [5.41, 5.74) is 3.98. The van der Waals surface area contributed by atoms with Gasteiger partial charge in [0.1, 0.15) is 11.5 Å². The molecule has 7 nitrogen and oxygen atoms in total. The highest BCUT2D eigenvalue weighted by Crippen LogP contribution is 2.21. The second-order valence-electron chi connectivity index (χ2n) is 6.01. The van der Waals surface area contributed by atoms with Gasteiger partial charge in [-0.25, -0.2) is 19.3 Å². The molecule has 0 amide bonds. The largest absolute Gasteiger partial charge is 0.346 e. The second-order valence-corrected chi connectivity index (χ2v) is 6.01. The first-order chi connectivity index (χ1) is 12.6. The van der Waals surface area contributed by atoms with E-state index in [-0.39, 0.29) is 11.9 Å². The highest BCUT2D eigenvalue weighted by Gasteiger charge is 2.10. The summed E-state index contributed by atoms with van der Waals surface area (Å²) in [6.07, 6.45) is 5.07. The van der Waals surface area contributed by atoms with Crippen LogP contribution in [0, 0.1) is 5.82 Å². The molecular weight excluding hydrogens is 333 g/mol. The Labute approximate surface area is 149 Å². The Bertz CT molecular complexity index is 1040. The Hall–Kier alpha value is -3.42. The topological polar surface area (TPSA) is 81.4 Å². The molecule has 0 bridgehead atoms. The normalized spacial score (nSPS) is 12.3. The van der Waals surface area contributed by atoms with Gasteiger partial charge in [0.25, 0.3) is 0 Å². The number of rotatable bonds is 4. The van der Waals surface area contributed by atoms with Crippen molar-refractivity contribution in [3.8, 4) is 11.3 Å². The zero-order valence-electron chi connectivity index (χ0n) is 14.3. The minimum atomic E-state index is -0.262. The average Bonchev–Trinajstić information content (AvgIpc) is 3.03. The van der Waals surface area contributed by atoms with Gasteiger partial charge in [-0.1, -0.05) is 12.1 Å². The number of hydrogen-bond acceptors (Lipinski definition) is 6. The number of aromatic nitrogens is 6. The number of aryl methyl sites for hydroxylation is 1. The van der Waals surface area contributed by atoms with E-state index in [1.807, 2.05) is 24.6 Å². The van der Waals surface area contributed by atoms with Gasteiger partial charge in [0.15, 0.2) is 5.65 Å². The lowest BCUT2D eigenvalue weighted by Crippen LogP contribution is -2.10. The lowest BCUT2D eigenvalue weighted by atomic mass is 10.1. The van der Waals surface area contributed by atoms with E-state index >= 15 is 0 Å². The summed E-state index contributed by atoms with van der Waals surface area (Å²) < 4.78 is 14.9. The number of anilines is 1. The van der Waals surface area contributed by atoms with Gasteiger partial charge in [0, 0.05) is 18.8 Å². The van der Waals surface area contributed by atoms with Gasteiger partial charge in [-0.2, -0.15) is 0 Å². The summed E-state index contributed by atoms with van der Waals surface area (Å²) in [6, 6.07) is 8.19. The maximum absolute atomic E-state index is 13.0. The lowest BCUT2D eigenvalue weighted by Gasteiger charge is -2.13. The molecule has 3 heterocycles. The number of benzene rings is 1. The van der Waals surface area contributed by atoms with Crippen LogP contribution in [0.4, 0.5) is 10.3 Å². The van der Waals surface area contributed by atoms with Crippen molar-refractivity contribution in [3.63, 3.8) is 0 Å². The van der Waals surface area contributed by atoms with Gasteiger partial charge in [0.2, 0.25) is 5.95 Å². The first-order valence-corrected chi connectivity index (χ1v) is 8.09. The third-order valence-electron chi connectivity index (χ3n) is 4.15. The fourth-order valence-electron chi connectivity index (χ4n) is 2.65. The number of fused-ring (bicyclic) bond motifs is 1. The molecule has 0 aliphatic heterocycles. The number of imidazole rings is 1. The zero-order chi connectivity index (χ0) is 18.1. The monoisotopic (exact) mass is 349 g/mol. The van der Waals surface area contributed by atoms with E-state index in [4.69, 9.17) is 0 Å². The first kappa shape index (κ1) is 16.1. The van der Waals surface area contributed by atoms with Crippen LogP contribution in [-0.2, 0) is 7.05 Å². The van der Waals surface area contributed by atoms with E-state index in [2.05, 4.69) is 30.5 Å². The Balaban J connectivity index is 1.54. The molecule has 130 valence electrons. The molecule has 0 saturated carbocycles. The maximum atomic E-state index is 13.0. The number of nitrogens with one attached hydrogen (secondary N) is 1. The Morgan fingerprint density at radius 1 is 1.04 bits per heavy atom. The van der Waals surface area contributed by atoms with Gasteiger partial charge in [0.05, 0.1) is 24.1 Å². The molecule has 1 aromatic carbocycles. The molecule has 1 N–H and O–H groups in total. The molecule has 0 aliphatic rings. The van der Waals surface area contributed by atoms with Crippen LogP contribution >= 0.6 is 0 Å². The molecule has 3 aromatic heterocycles. The number of pyridine rings is 1. The maximum Gasteiger partial charge on any atom is 0.243 e. The molecule has 0 fully saturated rings. The molecular formula is C18H16FN7. The average molecular weight is 349 g/mol. The number of hydrogen-bond donors (Lipinski definition) is 1. The van der Waals surface area contributed by atoms with Crippen LogP contribution in [0.25, 0.3) is 22.4 Å². The number of halogens is 1. The smallest absolute Gasteiger partial charge is 0.243 e. The summed E-state index contributed by atoms with van der Waals surface area (Å²) in [5.74, 6) is 0.141. The van der Waals surface area contributed by atoms with Crippen LogP contribution in [0.3, 0.4) is 0 Å². The van der Waals surface area contributed by atoms with Crippen molar-refractivity contribution < 1.29 is 4.39 Å². The van der Waals surface area contributed by atoms with E-state index in [1.54, 1.807) is 30.9 Å². The van der Waals surface area contributed by atoms with Crippen molar-refractivity contribution in [3.05, 3.63) is 60.4 Å². The Morgan fingerprint density at radius 3 is 2.58 bits per heavy atom. The predicted octanol–water partition coefficient (Wildman–Crippen LogP) is 3.13. The van der Waals surface area contributed by atoms with E-state index < -0.39 is 0 Å². The molecule has 0 spiro atoms. The predicted molar refractivity (Wildman–Crippen MR) is 95.8 cm³/mol. The summed E-state index contributed by atoms with van der Waals surface area (Å²) in [5, 5.41) is 11.5. The molecule has 0 aliphatic carbocycles. The van der Waals surface area contributed by atoms with Crippen LogP contribution < -0.4 is 5.32 Å². The van der Waals surface area contributed by atoms with E-state index in [0.717, 1.165) is 16.6 Å². The van der Waals surface area contributed by atoms with Gasteiger partial charge in [-0.15, -0.1) is 10.2 Å². The van der Waals surface area contributed by atoms with Gasteiger partial charge in [-0.05, 0) is 30.7 Å². The standard InChI is InChI=1S/C18H16FN7/c1-11(12-3-5-14(19)6-4-12)23-18-21-9-15(24-25-18)13-7-16-17(20-8-13)22-10-26(16)2/h3-11H,1-2H3,(H,21,23,25). The summed E-state index contributed by atoms with van der Waals surface area (Å²) in [7, 11) is 1.91.